The fourth-order valence-electron chi connectivity index (χ4n) is 5.06. The zero-order valence-corrected chi connectivity index (χ0v) is 35.4. The van der Waals surface area contributed by atoms with Crippen LogP contribution in [0.15, 0.2) is 97.4 Å². The zero-order valence-electron chi connectivity index (χ0n) is 34.5. The van der Waals surface area contributed by atoms with E-state index in [1.807, 2.05) is 48.6 Å². The monoisotopic (exact) mass is 806 g/mol. The van der Waals surface area contributed by atoms with E-state index in [0.717, 1.165) is 25.7 Å². The summed E-state index contributed by atoms with van der Waals surface area (Å²) in [7, 11) is -4.32. The van der Waals surface area contributed by atoms with E-state index in [9.17, 15) is 24.5 Å². The van der Waals surface area contributed by atoms with Crippen molar-refractivity contribution in [1.82, 2.24) is 0 Å². The molecule has 0 amide bonds. The highest BCUT2D eigenvalue weighted by molar-refractivity contribution is 7.47. The summed E-state index contributed by atoms with van der Waals surface area (Å²) in [5.74, 6) is -0.424. The van der Waals surface area contributed by atoms with Gasteiger partial charge in [0.1, 0.15) is 6.61 Å². The van der Waals surface area contributed by atoms with Gasteiger partial charge in [0.25, 0.3) is 0 Å². The molecule has 0 radical (unpaired) electrons. The Hall–Kier alpha value is -2.82. The van der Waals surface area contributed by atoms with E-state index in [1.165, 1.54) is 70.5 Å². The lowest BCUT2D eigenvalue weighted by Gasteiger charge is -2.19. The second-order valence-corrected chi connectivity index (χ2v) is 15.0. The number of rotatable bonds is 38. The van der Waals surface area contributed by atoms with E-state index in [4.69, 9.17) is 24.3 Å². The first kappa shape index (κ1) is 53.2. The quantitative estimate of drug-likeness (QED) is 0.0118. The molecule has 0 aromatic heterocycles. The molecule has 5 N–H and O–H groups in total. The molecule has 56 heavy (non-hydrogen) atoms. The summed E-state index contributed by atoms with van der Waals surface area (Å²) in [6, 6.07) is 0. The summed E-state index contributed by atoms with van der Waals surface area (Å²) in [6.45, 7) is 3.77. The number of aliphatic hydroxyl groups excluding tert-OH is 2. The zero-order chi connectivity index (χ0) is 41.2. The number of aliphatic hydroxyl groups is 2. The number of carbonyl (C=O) groups excluding carboxylic acids is 1. The second kappa shape index (κ2) is 40.4. The van der Waals surface area contributed by atoms with Crippen molar-refractivity contribution in [3.05, 3.63) is 97.4 Å². The van der Waals surface area contributed by atoms with Crippen LogP contribution in [-0.2, 0) is 27.9 Å². The maximum absolute atomic E-state index is 12.4. The van der Waals surface area contributed by atoms with Crippen LogP contribution < -0.4 is 5.73 Å². The fourth-order valence-corrected chi connectivity index (χ4v) is 5.82. The third-order valence-corrected chi connectivity index (χ3v) is 9.24. The molecule has 1 unspecified atom stereocenters. The van der Waals surface area contributed by atoms with Crippen molar-refractivity contribution >= 4 is 13.8 Å². The topological polar surface area (TPSA) is 158 Å². The number of carbonyl (C=O) groups is 1. The molecule has 10 nitrogen and oxygen atoms in total. The predicted molar refractivity (Wildman–Crippen MR) is 231 cm³/mol. The van der Waals surface area contributed by atoms with Crippen LogP contribution in [-0.4, -0.2) is 65.8 Å². The van der Waals surface area contributed by atoms with Gasteiger partial charge in [-0.1, -0.05) is 144 Å². The molecule has 0 saturated heterocycles. The highest BCUT2D eigenvalue weighted by atomic mass is 31.2. The van der Waals surface area contributed by atoms with E-state index in [2.05, 4.69) is 26.0 Å². The van der Waals surface area contributed by atoms with Crippen LogP contribution in [0.4, 0.5) is 0 Å². The average molecular weight is 806 g/mol. The van der Waals surface area contributed by atoms with E-state index < -0.39 is 32.1 Å². The first-order chi connectivity index (χ1) is 27.2. The van der Waals surface area contributed by atoms with Gasteiger partial charge in [-0.3, -0.25) is 13.8 Å². The number of hydrogen-bond donors (Lipinski definition) is 4. The van der Waals surface area contributed by atoms with Gasteiger partial charge in [0.05, 0.1) is 31.7 Å². The van der Waals surface area contributed by atoms with Crippen LogP contribution in [0.3, 0.4) is 0 Å². The SMILES string of the molecule is CC/C=C\C[C@@H](O)/C=C/C=C\C=C\[C@@H](O)C/C=C\C/C=C\CCC(=O)OC[C@H](COP(=O)(O)OCCN)O/C=C/CCCCCCCC/C=C\CCCCCC. The molecule has 0 fully saturated rings. The number of esters is 1. The van der Waals surface area contributed by atoms with Gasteiger partial charge in [0.2, 0.25) is 0 Å². The van der Waals surface area contributed by atoms with Crippen molar-refractivity contribution in [1.29, 1.82) is 0 Å². The lowest BCUT2D eigenvalue weighted by Crippen LogP contribution is -2.25. The van der Waals surface area contributed by atoms with Crippen molar-refractivity contribution in [2.75, 3.05) is 26.4 Å². The Kier molecular flexibility index (Phi) is 38.3. The molecule has 0 bridgehead atoms. The Morgan fingerprint density at radius 1 is 0.661 bits per heavy atom. The normalized spacial score (nSPS) is 15.5. The first-order valence-electron chi connectivity index (χ1n) is 21.0. The standard InChI is InChI=1S/C45H76NO9P/c1-3-5-7-8-9-10-11-12-13-14-15-16-17-20-25-31-38-52-44(41-55-56(50,51)54-39-37-46)40-53-45(49)36-30-22-19-18-21-27-33-43(48)35-29-24-23-28-34-42(47)32-26-6-4-2/h6,10-11,19,21-24,26-29,31,34-35,38,42-44,47-48H,3-5,7-9,12-18,20,25,30,32-33,36-37,39-41,46H2,1-2H3,(H,50,51)/b11-10-,22-19-,24-23-,26-6-,27-21-,34-28+,35-29+,38-31+/t42-,43+,44-/m1/s1. The maximum atomic E-state index is 12.4. The molecule has 0 rings (SSSR count). The smallest absolute Gasteiger partial charge is 0.472 e. The minimum absolute atomic E-state index is 0.0683. The number of ether oxygens (including phenoxy) is 2. The number of phosphoric ester groups is 1. The van der Waals surface area contributed by atoms with E-state index in [0.29, 0.717) is 25.7 Å². The minimum Gasteiger partial charge on any atom is -0.492 e. The highest BCUT2D eigenvalue weighted by Gasteiger charge is 2.24. The van der Waals surface area contributed by atoms with Crippen LogP contribution in [0.25, 0.3) is 0 Å². The summed E-state index contributed by atoms with van der Waals surface area (Å²) in [6.07, 6.45) is 47.4. The van der Waals surface area contributed by atoms with E-state index >= 15 is 0 Å². The van der Waals surface area contributed by atoms with Gasteiger partial charge < -0.3 is 30.3 Å². The van der Waals surface area contributed by atoms with Crippen molar-refractivity contribution in [3.63, 3.8) is 0 Å². The molecule has 0 aliphatic heterocycles. The lowest BCUT2D eigenvalue weighted by molar-refractivity contribution is -0.147. The molecule has 4 atom stereocenters. The van der Waals surface area contributed by atoms with Gasteiger partial charge in [-0.25, -0.2) is 4.57 Å². The van der Waals surface area contributed by atoms with E-state index in [-0.39, 0.29) is 32.8 Å². The summed E-state index contributed by atoms with van der Waals surface area (Å²) < 4.78 is 33.0. The highest BCUT2D eigenvalue weighted by Crippen LogP contribution is 2.43. The van der Waals surface area contributed by atoms with Crippen molar-refractivity contribution in [2.24, 2.45) is 5.73 Å². The largest absolute Gasteiger partial charge is 0.492 e. The number of hydrogen-bond acceptors (Lipinski definition) is 9. The average Bonchev–Trinajstić information content (AvgIpc) is 3.18. The Bertz CT molecular complexity index is 1210. The van der Waals surface area contributed by atoms with Crippen molar-refractivity contribution < 1.29 is 43.0 Å². The number of allylic oxidation sites excluding steroid dienone is 11. The van der Waals surface area contributed by atoms with Gasteiger partial charge >= 0.3 is 13.8 Å². The molecule has 0 heterocycles. The number of nitrogens with two attached hydrogens (primary N) is 1. The Morgan fingerprint density at radius 3 is 1.82 bits per heavy atom. The Morgan fingerprint density at radius 2 is 1.21 bits per heavy atom. The summed E-state index contributed by atoms with van der Waals surface area (Å²) >= 11 is 0. The lowest BCUT2D eigenvalue weighted by atomic mass is 10.1. The van der Waals surface area contributed by atoms with Crippen LogP contribution in [0, 0.1) is 0 Å². The van der Waals surface area contributed by atoms with Crippen molar-refractivity contribution in [2.45, 2.75) is 154 Å². The van der Waals surface area contributed by atoms with Crippen LogP contribution in [0.1, 0.15) is 136 Å². The minimum atomic E-state index is -4.32. The second-order valence-electron chi connectivity index (χ2n) is 13.6. The van der Waals surface area contributed by atoms with Gasteiger partial charge in [-0.05, 0) is 76.7 Å². The van der Waals surface area contributed by atoms with E-state index in [1.54, 1.807) is 30.4 Å². The summed E-state index contributed by atoms with van der Waals surface area (Å²) in [5.41, 5.74) is 5.35. The Labute approximate surface area is 339 Å². The van der Waals surface area contributed by atoms with Crippen molar-refractivity contribution in [3.8, 4) is 0 Å². The summed E-state index contributed by atoms with van der Waals surface area (Å²) in [4.78, 5) is 22.2. The molecule has 0 aromatic carbocycles. The van der Waals surface area contributed by atoms with Gasteiger partial charge in [0, 0.05) is 13.0 Å². The third kappa shape index (κ3) is 39.4. The molecule has 0 aliphatic rings. The molecule has 0 saturated carbocycles. The Balaban J connectivity index is 4.38. The fraction of sp³-hybridized carbons (Fsp3) is 0.622. The van der Waals surface area contributed by atoms with Crippen LogP contribution in [0.5, 0.6) is 0 Å². The first-order valence-corrected chi connectivity index (χ1v) is 22.5. The maximum Gasteiger partial charge on any atom is 0.472 e. The molecule has 0 aliphatic carbocycles. The molecule has 11 heteroatoms. The van der Waals surface area contributed by atoms with Gasteiger partial charge in [-0.15, -0.1) is 0 Å². The van der Waals surface area contributed by atoms with Gasteiger partial charge in [-0.2, -0.15) is 0 Å². The number of phosphoric acid groups is 1. The molecule has 0 spiro atoms. The van der Waals surface area contributed by atoms with Crippen LogP contribution in [0.2, 0.25) is 0 Å². The van der Waals surface area contributed by atoms with Gasteiger partial charge in [0.15, 0.2) is 6.10 Å². The molecular formula is C45H76NO9P. The molecular weight excluding hydrogens is 729 g/mol. The third-order valence-electron chi connectivity index (χ3n) is 8.25. The molecule has 0 aromatic rings. The molecule has 320 valence electrons. The summed E-state index contributed by atoms with van der Waals surface area (Å²) in [5, 5.41) is 19.9. The predicted octanol–water partition coefficient (Wildman–Crippen LogP) is 10.6. The number of unbranched alkanes of at least 4 members (excludes halogenated alkanes) is 11. The van der Waals surface area contributed by atoms with Crippen LogP contribution >= 0.6 is 7.82 Å².